The van der Waals surface area contributed by atoms with E-state index in [0.717, 1.165) is 37.5 Å². The quantitative estimate of drug-likeness (QED) is 0.471. The maximum absolute atomic E-state index is 13.9. The summed E-state index contributed by atoms with van der Waals surface area (Å²) in [4.78, 5) is 32.8. The van der Waals surface area contributed by atoms with Gasteiger partial charge in [0, 0.05) is 0 Å². The van der Waals surface area contributed by atoms with Crippen molar-refractivity contribution in [2.24, 2.45) is 0 Å². The summed E-state index contributed by atoms with van der Waals surface area (Å²) in [5.74, 6) is -0.286. The zero-order valence-electron chi connectivity index (χ0n) is 17.3. The molecule has 0 saturated carbocycles. The lowest BCUT2D eigenvalue weighted by Gasteiger charge is -2.28. The van der Waals surface area contributed by atoms with Crippen molar-refractivity contribution in [3.63, 3.8) is 0 Å². The zero-order chi connectivity index (χ0) is 21.6. The number of carbonyl (C=O) groups excluding carboxylic acids is 2. The van der Waals surface area contributed by atoms with Crippen LogP contribution in [0.5, 0.6) is 0 Å². The molecule has 0 aliphatic carbocycles. The maximum atomic E-state index is 13.9. The molecule has 2 heterocycles. The molecular weight excluding hydrogens is 406 g/mol. The smallest absolute Gasteiger partial charge is 0.315 e. The molecule has 3 aromatic carbocycles. The molecule has 1 aliphatic heterocycles. The van der Waals surface area contributed by atoms with Crippen molar-refractivity contribution in [1.82, 2.24) is 15.2 Å². The number of thiazole rings is 1. The van der Waals surface area contributed by atoms with Gasteiger partial charge >= 0.3 is 6.03 Å². The standard InChI is InChI=1S/C25H21N3O2S/c1-16-12-13-19(14-17(16)2)25(18-8-4-3-5-9-18)23(29)28(24(30)27-25)15-22-26-20-10-6-7-11-21(20)31-22/h3-14H,15H2,1-2H3,(H,27,30). The number of benzene rings is 3. The largest absolute Gasteiger partial charge is 0.325 e. The Hall–Kier alpha value is -3.51. The normalized spacial score (nSPS) is 18.6. The highest BCUT2D eigenvalue weighted by atomic mass is 32.1. The van der Waals surface area contributed by atoms with Gasteiger partial charge in [-0.15, -0.1) is 11.3 Å². The number of aromatic nitrogens is 1. The Kier molecular flexibility index (Phi) is 4.59. The number of carbonyl (C=O) groups is 2. The Balaban J connectivity index is 1.60. The Labute approximate surface area is 184 Å². The molecule has 154 valence electrons. The van der Waals surface area contributed by atoms with Crippen LogP contribution in [0.2, 0.25) is 0 Å². The van der Waals surface area contributed by atoms with Gasteiger partial charge in [0.15, 0.2) is 5.54 Å². The van der Waals surface area contributed by atoms with Crippen molar-refractivity contribution >= 4 is 33.5 Å². The van der Waals surface area contributed by atoms with Crippen LogP contribution in [0, 0.1) is 13.8 Å². The van der Waals surface area contributed by atoms with E-state index in [1.54, 1.807) is 0 Å². The van der Waals surface area contributed by atoms with Crippen molar-refractivity contribution in [2.75, 3.05) is 0 Å². The first-order valence-corrected chi connectivity index (χ1v) is 10.9. The molecule has 1 N–H and O–H groups in total. The van der Waals surface area contributed by atoms with Gasteiger partial charge in [-0.1, -0.05) is 60.7 Å². The van der Waals surface area contributed by atoms with E-state index < -0.39 is 11.6 Å². The Morgan fingerprint density at radius 2 is 1.65 bits per heavy atom. The molecular formula is C25H21N3O2S. The van der Waals surface area contributed by atoms with Gasteiger partial charge in [0.05, 0.1) is 16.8 Å². The van der Waals surface area contributed by atoms with Gasteiger partial charge in [0.2, 0.25) is 0 Å². The van der Waals surface area contributed by atoms with Crippen LogP contribution in [0.3, 0.4) is 0 Å². The lowest BCUT2D eigenvalue weighted by molar-refractivity contribution is -0.130. The summed E-state index contributed by atoms with van der Waals surface area (Å²) in [5.41, 5.74) is 3.32. The first kappa shape index (κ1) is 19.5. The molecule has 0 radical (unpaired) electrons. The first-order chi connectivity index (χ1) is 15.0. The number of imide groups is 1. The molecule has 1 atom stereocenters. The van der Waals surface area contributed by atoms with Crippen LogP contribution in [0.1, 0.15) is 27.3 Å². The second kappa shape index (κ2) is 7.32. The summed E-state index contributed by atoms with van der Waals surface area (Å²) in [6.45, 7) is 4.18. The van der Waals surface area contributed by atoms with Gasteiger partial charge in [-0.05, 0) is 48.2 Å². The van der Waals surface area contributed by atoms with Crippen LogP contribution >= 0.6 is 11.3 Å². The lowest BCUT2D eigenvalue weighted by Crippen LogP contribution is -2.45. The van der Waals surface area contributed by atoms with Crippen LogP contribution in [0.25, 0.3) is 10.2 Å². The van der Waals surface area contributed by atoms with Crippen molar-refractivity contribution in [1.29, 1.82) is 0 Å². The average Bonchev–Trinajstić information content (AvgIpc) is 3.30. The van der Waals surface area contributed by atoms with E-state index >= 15 is 0 Å². The highest BCUT2D eigenvalue weighted by Gasteiger charge is 2.53. The SMILES string of the molecule is Cc1ccc(C2(c3ccccc3)NC(=O)N(Cc3nc4ccccc4s3)C2=O)cc1C. The molecule has 6 heteroatoms. The monoisotopic (exact) mass is 427 g/mol. The highest BCUT2D eigenvalue weighted by molar-refractivity contribution is 7.18. The van der Waals surface area contributed by atoms with Gasteiger partial charge in [-0.25, -0.2) is 9.78 Å². The number of rotatable bonds is 4. The molecule has 1 fully saturated rings. The van der Waals surface area contributed by atoms with E-state index in [1.165, 1.54) is 16.2 Å². The maximum Gasteiger partial charge on any atom is 0.325 e. The third-order valence-electron chi connectivity index (χ3n) is 5.88. The third-order valence-corrected chi connectivity index (χ3v) is 6.90. The van der Waals surface area contributed by atoms with Crippen LogP contribution in [-0.4, -0.2) is 21.8 Å². The number of hydrogen-bond donors (Lipinski definition) is 1. The summed E-state index contributed by atoms with van der Waals surface area (Å²) in [6, 6.07) is 22.7. The summed E-state index contributed by atoms with van der Waals surface area (Å²) >= 11 is 1.50. The second-order valence-corrected chi connectivity index (χ2v) is 8.93. The van der Waals surface area contributed by atoms with Crippen LogP contribution in [-0.2, 0) is 16.9 Å². The fourth-order valence-electron chi connectivity index (χ4n) is 4.06. The Morgan fingerprint density at radius 1 is 0.903 bits per heavy atom. The minimum atomic E-state index is -1.26. The van der Waals surface area contributed by atoms with Gasteiger partial charge in [-0.3, -0.25) is 9.69 Å². The van der Waals surface area contributed by atoms with E-state index in [4.69, 9.17) is 0 Å². The molecule has 5 nitrogen and oxygen atoms in total. The van der Waals surface area contributed by atoms with Crippen LogP contribution < -0.4 is 5.32 Å². The van der Waals surface area contributed by atoms with Crippen LogP contribution in [0.4, 0.5) is 4.79 Å². The zero-order valence-corrected chi connectivity index (χ0v) is 18.1. The molecule has 0 spiro atoms. The van der Waals surface area contributed by atoms with Crippen molar-refractivity contribution < 1.29 is 9.59 Å². The molecule has 4 aromatic rings. The number of fused-ring (bicyclic) bond motifs is 1. The molecule has 1 aliphatic rings. The van der Waals surface area contributed by atoms with Gasteiger partial charge in [-0.2, -0.15) is 0 Å². The van der Waals surface area contributed by atoms with Gasteiger partial charge in [0.1, 0.15) is 5.01 Å². The fourth-order valence-corrected chi connectivity index (χ4v) is 5.02. The van der Waals surface area contributed by atoms with Crippen LogP contribution in [0.15, 0.2) is 72.8 Å². The first-order valence-electron chi connectivity index (χ1n) is 10.1. The molecule has 31 heavy (non-hydrogen) atoms. The number of aryl methyl sites for hydroxylation is 2. The van der Waals surface area contributed by atoms with E-state index in [2.05, 4.69) is 10.3 Å². The summed E-state index contributed by atoms with van der Waals surface area (Å²) < 4.78 is 1.04. The molecule has 3 amide bonds. The Morgan fingerprint density at radius 3 is 2.39 bits per heavy atom. The Bertz CT molecular complexity index is 1280. The molecule has 1 aromatic heterocycles. The summed E-state index contributed by atoms with van der Waals surface area (Å²) in [7, 11) is 0. The number of nitrogens with zero attached hydrogens (tertiary/aromatic N) is 2. The van der Waals surface area contributed by atoms with E-state index in [0.29, 0.717) is 0 Å². The fraction of sp³-hybridized carbons (Fsp3) is 0.160. The summed E-state index contributed by atoms with van der Waals surface area (Å²) in [5, 5.41) is 3.75. The summed E-state index contributed by atoms with van der Waals surface area (Å²) in [6.07, 6.45) is 0. The van der Waals surface area contributed by atoms with Crippen molar-refractivity contribution in [2.45, 2.75) is 25.9 Å². The van der Waals surface area contributed by atoms with Crippen molar-refractivity contribution in [3.8, 4) is 0 Å². The van der Waals surface area contributed by atoms with Crippen molar-refractivity contribution in [3.05, 3.63) is 100 Å². The molecule has 1 unspecified atom stereocenters. The van der Waals surface area contributed by atoms with Gasteiger partial charge in [0.25, 0.3) is 5.91 Å². The van der Waals surface area contributed by atoms with E-state index in [1.807, 2.05) is 86.6 Å². The number of para-hydroxylation sites is 1. The van der Waals surface area contributed by atoms with E-state index in [-0.39, 0.29) is 12.5 Å². The minimum Gasteiger partial charge on any atom is -0.315 e. The molecule has 5 rings (SSSR count). The predicted octanol–water partition coefficient (Wildman–Crippen LogP) is 4.91. The lowest BCUT2D eigenvalue weighted by atomic mass is 9.81. The predicted molar refractivity (Wildman–Crippen MR) is 122 cm³/mol. The average molecular weight is 428 g/mol. The highest BCUT2D eigenvalue weighted by Crippen LogP contribution is 2.37. The number of urea groups is 1. The second-order valence-electron chi connectivity index (χ2n) is 7.81. The third kappa shape index (κ3) is 3.11. The number of nitrogens with one attached hydrogen (secondary N) is 1. The number of hydrogen-bond acceptors (Lipinski definition) is 4. The number of amides is 3. The molecule has 1 saturated heterocycles. The molecule has 0 bridgehead atoms. The topological polar surface area (TPSA) is 62.3 Å². The van der Waals surface area contributed by atoms with Gasteiger partial charge < -0.3 is 5.32 Å². The van der Waals surface area contributed by atoms with E-state index in [9.17, 15) is 9.59 Å². The minimum absolute atomic E-state index is 0.142.